The van der Waals surface area contributed by atoms with Gasteiger partial charge in [0.15, 0.2) is 9.84 Å². The zero-order valence-electron chi connectivity index (χ0n) is 13.5. The van der Waals surface area contributed by atoms with Crippen molar-refractivity contribution in [2.45, 2.75) is 42.4 Å². The van der Waals surface area contributed by atoms with Crippen LogP contribution in [-0.4, -0.2) is 35.4 Å². The summed E-state index contributed by atoms with van der Waals surface area (Å²) in [6, 6.07) is 3.36. The molecule has 0 saturated heterocycles. The third-order valence-electron chi connectivity index (χ3n) is 4.66. The third kappa shape index (κ3) is 3.08. The fraction of sp³-hybridized carbons (Fsp3) is 0.625. The lowest BCUT2D eigenvalue weighted by molar-refractivity contribution is 0.285. The Hall–Kier alpha value is -1.27. The lowest BCUT2D eigenvalue weighted by Gasteiger charge is -2.38. The molecule has 0 aliphatic heterocycles. The second-order valence-corrected chi connectivity index (χ2v) is 8.00. The van der Waals surface area contributed by atoms with E-state index in [0.717, 1.165) is 31.2 Å². The summed E-state index contributed by atoms with van der Waals surface area (Å²) < 4.78 is 34.7. The quantitative estimate of drug-likeness (QED) is 0.897. The van der Waals surface area contributed by atoms with Crippen LogP contribution in [0.2, 0.25) is 0 Å². The van der Waals surface area contributed by atoms with Gasteiger partial charge >= 0.3 is 0 Å². The molecule has 0 bridgehead atoms. The summed E-state index contributed by atoms with van der Waals surface area (Å²) in [5.74, 6) is 0.935. The van der Waals surface area contributed by atoms with Crippen LogP contribution < -0.4 is 15.2 Å². The molecular weight excluding hydrogens is 302 g/mol. The van der Waals surface area contributed by atoms with Crippen molar-refractivity contribution in [1.29, 1.82) is 0 Å². The van der Waals surface area contributed by atoms with Crippen LogP contribution in [0.5, 0.6) is 11.5 Å². The van der Waals surface area contributed by atoms with E-state index in [1.165, 1.54) is 19.8 Å². The highest BCUT2D eigenvalue weighted by Crippen LogP contribution is 2.45. The van der Waals surface area contributed by atoms with E-state index < -0.39 is 9.84 Å². The van der Waals surface area contributed by atoms with Gasteiger partial charge in [0.2, 0.25) is 0 Å². The first kappa shape index (κ1) is 17.1. The van der Waals surface area contributed by atoms with Gasteiger partial charge in [-0.3, -0.25) is 0 Å². The summed E-state index contributed by atoms with van der Waals surface area (Å²) in [6.45, 7) is 0.519. The van der Waals surface area contributed by atoms with Crippen LogP contribution in [-0.2, 0) is 15.3 Å². The minimum atomic E-state index is -3.39. The molecule has 0 aromatic heterocycles. The highest BCUT2D eigenvalue weighted by Gasteiger charge is 2.36. The SMILES string of the molecule is COc1cc(S(C)(=O)=O)c(OC)cc1C1(CN)CCCCC1. The summed E-state index contributed by atoms with van der Waals surface area (Å²) >= 11 is 0. The number of sulfone groups is 1. The van der Waals surface area contributed by atoms with E-state index in [4.69, 9.17) is 15.2 Å². The molecule has 6 heteroatoms. The largest absolute Gasteiger partial charge is 0.496 e. The van der Waals surface area contributed by atoms with E-state index in [1.807, 2.05) is 0 Å². The number of hydrogen-bond donors (Lipinski definition) is 1. The van der Waals surface area contributed by atoms with Crippen LogP contribution in [0.3, 0.4) is 0 Å². The predicted molar refractivity (Wildman–Crippen MR) is 86.5 cm³/mol. The normalized spacial score (nSPS) is 18.0. The van der Waals surface area contributed by atoms with Gasteiger partial charge in [-0.1, -0.05) is 19.3 Å². The Balaban J connectivity index is 2.65. The molecule has 1 aromatic carbocycles. The van der Waals surface area contributed by atoms with Crippen molar-refractivity contribution in [2.75, 3.05) is 27.0 Å². The molecule has 1 aliphatic carbocycles. The molecule has 124 valence electrons. The van der Waals surface area contributed by atoms with Crippen molar-refractivity contribution in [3.05, 3.63) is 17.7 Å². The van der Waals surface area contributed by atoms with Gasteiger partial charge in [0.25, 0.3) is 0 Å². The van der Waals surface area contributed by atoms with E-state index in [2.05, 4.69) is 0 Å². The summed E-state index contributed by atoms with van der Waals surface area (Å²) in [6.07, 6.45) is 6.60. The van der Waals surface area contributed by atoms with Crippen LogP contribution in [0, 0.1) is 0 Å². The molecule has 0 heterocycles. The highest BCUT2D eigenvalue weighted by molar-refractivity contribution is 7.90. The van der Waals surface area contributed by atoms with Crippen LogP contribution in [0.4, 0.5) is 0 Å². The predicted octanol–water partition coefficient (Wildman–Crippen LogP) is 2.27. The Morgan fingerprint density at radius 1 is 1.09 bits per heavy atom. The Morgan fingerprint density at radius 2 is 1.68 bits per heavy atom. The smallest absolute Gasteiger partial charge is 0.179 e. The molecule has 1 saturated carbocycles. The first-order chi connectivity index (χ1) is 10.4. The molecule has 1 aliphatic rings. The van der Waals surface area contributed by atoms with Crippen molar-refractivity contribution >= 4 is 9.84 Å². The van der Waals surface area contributed by atoms with Gasteiger partial charge in [-0.25, -0.2) is 8.42 Å². The van der Waals surface area contributed by atoms with Gasteiger partial charge in [0.05, 0.1) is 14.2 Å². The molecule has 0 amide bonds. The van der Waals surface area contributed by atoms with Crippen LogP contribution in [0.25, 0.3) is 0 Å². The van der Waals surface area contributed by atoms with Gasteiger partial charge in [-0.15, -0.1) is 0 Å². The average molecular weight is 327 g/mol. The number of methoxy groups -OCH3 is 2. The molecule has 0 radical (unpaired) electrons. The minimum Gasteiger partial charge on any atom is -0.496 e. The summed E-state index contributed by atoms with van der Waals surface area (Å²) in [5, 5.41) is 0. The maximum absolute atomic E-state index is 12.0. The van der Waals surface area contributed by atoms with E-state index >= 15 is 0 Å². The van der Waals surface area contributed by atoms with Crippen molar-refractivity contribution in [2.24, 2.45) is 5.73 Å². The number of rotatable bonds is 5. The molecule has 2 rings (SSSR count). The number of ether oxygens (including phenoxy) is 2. The van der Waals surface area contributed by atoms with Gasteiger partial charge < -0.3 is 15.2 Å². The lowest BCUT2D eigenvalue weighted by atomic mass is 9.69. The van der Waals surface area contributed by atoms with Crippen molar-refractivity contribution in [3.63, 3.8) is 0 Å². The highest BCUT2D eigenvalue weighted by atomic mass is 32.2. The molecule has 1 aromatic rings. The van der Waals surface area contributed by atoms with Crippen molar-refractivity contribution in [3.8, 4) is 11.5 Å². The second kappa shape index (κ2) is 6.46. The molecular formula is C16H25NO4S. The molecule has 0 spiro atoms. The Bertz CT molecular complexity index is 634. The fourth-order valence-electron chi connectivity index (χ4n) is 3.39. The third-order valence-corrected chi connectivity index (χ3v) is 5.78. The summed E-state index contributed by atoms with van der Waals surface area (Å²) in [5.41, 5.74) is 6.89. The number of nitrogens with two attached hydrogens (primary N) is 1. The van der Waals surface area contributed by atoms with Gasteiger partial charge in [-0.05, 0) is 18.9 Å². The topological polar surface area (TPSA) is 78.6 Å². The van der Waals surface area contributed by atoms with E-state index in [0.29, 0.717) is 18.0 Å². The number of hydrogen-bond acceptors (Lipinski definition) is 5. The minimum absolute atomic E-state index is 0.151. The van der Waals surface area contributed by atoms with Gasteiger partial charge in [0, 0.05) is 29.8 Å². The molecule has 22 heavy (non-hydrogen) atoms. The first-order valence-corrected chi connectivity index (χ1v) is 9.44. The summed E-state index contributed by atoms with van der Waals surface area (Å²) in [7, 11) is -0.346. The molecule has 0 unspecified atom stereocenters. The Kier molecular flexibility index (Phi) is 5.02. The van der Waals surface area contributed by atoms with Crippen molar-refractivity contribution in [1.82, 2.24) is 0 Å². The molecule has 5 nitrogen and oxygen atoms in total. The first-order valence-electron chi connectivity index (χ1n) is 7.54. The van der Waals surface area contributed by atoms with Crippen LogP contribution >= 0.6 is 0 Å². The van der Waals surface area contributed by atoms with Crippen LogP contribution in [0.1, 0.15) is 37.7 Å². The summed E-state index contributed by atoms with van der Waals surface area (Å²) in [4.78, 5) is 0.151. The maximum Gasteiger partial charge on any atom is 0.179 e. The standard InChI is InChI=1S/C16H25NO4S/c1-20-13-10-15(22(3,18)19)14(21-2)9-12(13)16(11-17)7-5-4-6-8-16/h9-10H,4-8,11,17H2,1-3H3. The van der Waals surface area contributed by atoms with Gasteiger partial charge in [0.1, 0.15) is 16.4 Å². The van der Waals surface area contributed by atoms with E-state index in [1.54, 1.807) is 19.2 Å². The van der Waals surface area contributed by atoms with Crippen molar-refractivity contribution < 1.29 is 17.9 Å². The maximum atomic E-state index is 12.0. The number of benzene rings is 1. The molecule has 2 N–H and O–H groups in total. The Labute approximate surface area is 132 Å². The van der Waals surface area contributed by atoms with E-state index in [9.17, 15) is 8.42 Å². The zero-order valence-corrected chi connectivity index (χ0v) is 14.3. The lowest BCUT2D eigenvalue weighted by Crippen LogP contribution is -2.37. The molecule has 1 fully saturated rings. The fourth-order valence-corrected chi connectivity index (χ4v) is 4.21. The second-order valence-electron chi connectivity index (χ2n) is 6.02. The van der Waals surface area contributed by atoms with Gasteiger partial charge in [-0.2, -0.15) is 0 Å². The Morgan fingerprint density at radius 3 is 2.14 bits per heavy atom. The monoisotopic (exact) mass is 327 g/mol. The van der Waals surface area contributed by atoms with Crippen LogP contribution in [0.15, 0.2) is 17.0 Å². The molecule has 0 atom stereocenters. The van der Waals surface area contributed by atoms with E-state index in [-0.39, 0.29) is 10.3 Å². The zero-order chi connectivity index (χ0) is 16.4. The average Bonchev–Trinajstić information content (AvgIpc) is 2.53.